The lowest BCUT2D eigenvalue weighted by atomic mass is 9.46. The van der Waals surface area contributed by atoms with E-state index >= 15 is 0 Å². The van der Waals surface area contributed by atoms with Crippen molar-refractivity contribution in [3.8, 4) is 0 Å². The van der Waals surface area contributed by atoms with Gasteiger partial charge in [0, 0.05) is 24.7 Å². The molecule has 4 aliphatic rings. The van der Waals surface area contributed by atoms with E-state index < -0.39 is 0 Å². The third-order valence-electron chi connectivity index (χ3n) is 8.05. The van der Waals surface area contributed by atoms with Crippen LogP contribution in [0.4, 0.5) is 0 Å². The Morgan fingerprint density at radius 3 is 2.69 bits per heavy atom. The van der Waals surface area contributed by atoms with E-state index in [-0.39, 0.29) is 34.6 Å². The van der Waals surface area contributed by atoms with E-state index in [9.17, 15) is 14.8 Å². The topological polar surface area (TPSA) is 76.0 Å². The summed E-state index contributed by atoms with van der Waals surface area (Å²) in [6.45, 7) is 5.94. The van der Waals surface area contributed by atoms with Crippen LogP contribution in [0.5, 0.6) is 0 Å². The third-order valence-corrected chi connectivity index (χ3v) is 8.05. The zero-order chi connectivity index (χ0) is 18.7. The van der Waals surface area contributed by atoms with Crippen LogP contribution >= 0.6 is 0 Å². The summed E-state index contributed by atoms with van der Waals surface area (Å²) < 4.78 is 5.88. The summed E-state index contributed by atoms with van der Waals surface area (Å²) in [6.07, 6.45) is 7.67. The van der Waals surface area contributed by atoms with Crippen LogP contribution in [0.2, 0.25) is 0 Å². The SMILES string of the molecule is CC(=O)OC1C[C@]2(C)/C(=N/O)CCC2C2CCC3=CC(=O)CC[C@]3(C)C12. The normalized spacial score (nSPS) is 46.2. The first kappa shape index (κ1) is 17.7. The molecule has 4 aliphatic carbocycles. The van der Waals surface area contributed by atoms with Crippen molar-refractivity contribution in [3.05, 3.63) is 11.6 Å². The van der Waals surface area contributed by atoms with Crippen LogP contribution in [-0.4, -0.2) is 28.8 Å². The average Bonchev–Trinajstić information content (AvgIpc) is 2.90. The van der Waals surface area contributed by atoms with E-state index in [4.69, 9.17) is 4.74 Å². The van der Waals surface area contributed by atoms with Gasteiger partial charge in [-0.25, -0.2) is 0 Å². The van der Waals surface area contributed by atoms with Gasteiger partial charge in [-0.3, -0.25) is 9.59 Å². The van der Waals surface area contributed by atoms with Crippen LogP contribution in [0.15, 0.2) is 16.8 Å². The van der Waals surface area contributed by atoms with Crippen LogP contribution in [0.3, 0.4) is 0 Å². The van der Waals surface area contributed by atoms with Crippen molar-refractivity contribution in [2.45, 2.75) is 71.8 Å². The molecule has 4 rings (SSSR count). The second-order valence-electron chi connectivity index (χ2n) is 9.24. The second kappa shape index (κ2) is 5.93. The van der Waals surface area contributed by atoms with Crippen LogP contribution in [0.1, 0.15) is 65.7 Å². The Kier molecular flexibility index (Phi) is 4.05. The fourth-order valence-corrected chi connectivity index (χ4v) is 6.93. The van der Waals surface area contributed by atoms with Gasteiger partial charge in [-0.1, -0.05) is 24.6 Å². The molecule has 0 radical (unpaired) electrons. The van der Waals surface area contributed by atoms with Gasteiger partial charge in [-0.05, 0) is 61.9 Å². The van der Waals surface area contributed by atoms with E-state index in [1.165, 1.54) is 12.5 Å². The monoisotopic (exact) mass is 359 g/mol. The highest BCUT2D eigenvalue weighted by Gasteiger charge is 2.62. The first-order chi connectivity index (χ1) is 12.3. The second-order valence-corrected chi connectivity index (χ2v) is 9.24. The van der Waals surface area contributed by atoms with E-state index in [0.717, 1.165) is 37.8 Å². The molecule has 26 heavy (non-hydrogen) atoms. The lowest BCUT2D eigenvalue weighted by Crippen LogP contribution is -2.57. The van der Waals surface area contributed by atoms with Crippen molar-refractivity contribution in [2.24, 2.45) is 33.7 Å². The molecule has 0 heterocycles. The fourth-order valence-electron chi connectivity index (χ4n) is 6.93. The first-order valence-corrected chi connectivity index (χ1v) is 9.92. The number of fused-ring (bicyclic) bond motifs is 5. The van der Waals surface area contributed by atoms with Crippen LogP contribution < -0.4 is 0 Å². The van der Waals surface area contributed by atoms with Crippen molar-refractivity contribution in [1.82, 2.24) is 0 Å². The molecule has 1 N–H and O–H groups in total. The van der Waals surface area contributed by atoms with Gasteiger partial charge in [0.1, 0.15) is 6.10 Å². The summed E-state index contributed by atoms with van der Waals surface area (Å²) in [5.74, 6) is 1.13. The maximum Gasteiger partial charge on any atom is 0.302 e. The van der Waals surface area contributed by atoms with E-state index in [1.54, 1.807) is 0 Å². The molecule has 3 saturated carbocycles. The summed E-state index contributed by atoms with van der Waals surface area (Å²) in [4.78, 5) is 23.9. The highest BCUT2D eigenvalue weighted by molar-refractivity contribution is 5.92. The Morgan fingerprint density at radius 2 is 2.00 bits per heavy atom. The summed E-state index contributed by atoms with van der Waals surface area (Å²) >= 11 is 0. The number of ketones is 1. The van der Waals surface area contributed by atoms with Gasteiger partial charge in [0.15, 0.2) is 5.78 Å². The number of carbonyl (C=O) groups is 2. The predicted octanol–water partition coefficient (Wildman–Crippen LogP) is 3.89. The number of allylic oxidation sites excluding steroid dienone is 1. The predicted molar refractivity (Wildman–Crippen MR) is 96.9 cm³/mol. The van der Waals surface area contributed by atoms with E-state index in [1.807, 2.05) is 6.08 Å². The maximum absolute atomic E-state index is 12.0. The number of carbonyl (C=O) groups excluding carboxylic acids is 2. The number of oxime groups is 1. The largest absolute Gasteiger partial charge is 0.462 e. The lowest BCUT2D eigenvalue weighted by Gasteiger charge is -2.59. The molecule has 0 spiro atoms. The molecule has 3 fully saturated rings. The third kappa shape index (κ3) is 2.39. The van der Waals surface area contributed by atoms with Gasteiger partial charge in [-0.15, -0.1) is 0 Å². The first-order valence-electron chi connectivity index (χ1n) is 9.92. The highest BCUT2D eigenvalue weighted by atomic mass is 16.5. The molecule has 0 saturated heterocycles. The zero-order valence-corrected chi connectivity index (χ0v) is 16.0. The van der Waals surface area contributed by atoms with Crippen LogP contribution in [0, 0.1) is 28.6 Å². The average molecular weight is 359 g/mol. The summed E-state index contributed by atoms with van der Waals surface area (Å²) in [7, 11) is 0. The van der Waals surface area contributed by atoms with E-state index in [2.05, 4.69) is 19.0 Å². The molecule has 0 aromatic rings. The lowest BCUT2D eigenvalue weighted by molar-refractivity contribution is -0.168. The Hall–Kier alpha value is -1.65. The number of hydrogen-bond donors (Lipinski definition) is 1. The minimum absolute atomic E-state index is 0.0720. The molecule has 4 unspecified atom stereocenters. The van der Waals surface area contributed by atoms with Crippen LogP contribution in [0.25, 0.3) is 0 Å². The summed E-state index contributed by atoms with van der Waals surface area (Å²) in [5, 5.41) is 13.2. The molecular formula is C21H29NO4. The fraction of sp³-hybridized carbons (Fsp3) is 0.762. The molecule has 0 aromatic heterocycles. The van der Waals surface area contributed by atoms with Gasteiger partial charge in [0.2, 0.25) is 0 Å². The van der Waals surface area contributed by atoms with Gasteiger partial charge in [-0.2, -0.15) is 0 Å². The Balaban J connectivity index is 1.78. The molecule has 6 atom stereocenters. The Labute approximate surface area is 154 Å². The summed E-state index contributed by atoms with van der Waals surface area (Å²) in [5.41, 5.74) is 1.85. The van der Waals surface area contributed by atoms with Gasteiger partial charge in [0.25, 0.3) is 0 Å². The molecule has 0 bridgehead atoms. The minimum Gasteiger partial charge on any atom is -0.462 e. The number of nitrogens with zero attached hydrogens (tertiary/aromatic N) is 1. The number of ether oxygens (including phenoxy) is 1. The molecule has 5 heteroatoms. The Bertz CT molecular complexity index is 711. The number of rotatable bonds is 1. The smallest absolute Gasteiger partial charge is 0.302 e. The molecule has 0 aromatic carbocycles. The number of hydrogen-bond acceptors (Lipinski definition) is 5. The van der Waals surface area contributed by atoms with Gasteiger partial charge < -0.3 is 9.94 Å². The quantitative estimate of drug-likeness (QED) is 0.438. The maximum atomic E-state index is 12.0. The molecule has 142 valence electrons. The van der Waals surface area contributed by atoms with Gasteiger partial charge in [0.05, 0.1) is 5.71 Å². The summed E-state index contributed by atoms with van der Waals surface area (Å²) in [6, 6.07) is 0. The zero-order valence-electron chi connectivity index (χ0n) is 16.0. The van der Waals surface area contributed by atoms with Crippen molar-refractivity contribution in [3.63, 3.8) is 0 Å². The number of esters is 1. The minimum atomic E-state index is -0.247. The van der Waals surface area contributed by atoms with Gasteiger partial charge >= 0.3 is 5.97 Å². The van der Waals surface area contributed by atoms with Crippen molar-refractivity contribution < 1.29 is 19.5 Å². The highest BCUT2D eigenvalue weighted by Crippen LogP contribution is 2.65. The molecule has 0 amide bonds. The molecular weight excluding hydrogens is 330 g/mol. The Morgan fingerprint density at radius 1 is 1.23 bits per heavy atom. The molecule has 0 aliphatic heterocycles. The van der Waals surface area contributed by atoms with Crippen molar-refractivity contribution in [1.29, 1.82) is 0 Å². The molecule has 5 nitrogen and oxygen atoms in total. The van der Waals surface area contributed by atoms with Crippen molar-refractivity contribution in [2.75, 3.05) is 0 Å². The van der Waals surface area contributed by atoms with Crippen LogP contribution in [-0.2, 0) is 14.3 Å². The van der Waals surface area contributed by atoms with Crippen molar-refractivity contribution >= 4 is 17.5 Å². The van der Waals surface area contributed by atoms with E-state index in [0.29, 0.717) is 24.7 Å². The standard InChI is InChI=1S/C21H29NO4/c1-12(23)26-17-11-21(3)16(6-7-18(21)22-25)15-5-4-13-10-14(24)8-9-20(13,2)19(15)17/h10,15-17,19,25H,4-9,11H2,1-3H3/b22-18+/t15?,16?,17?,19?,20-,21-/m0/s1.